The number of nitrogens with one attached hydrogen (secondary N) is 1. The number of morpholine rings is 1. The van der Waals surface area contributed by atoms with Gasteiger partial charge in [-0.25, -0.2) is 14.7 Å². The fourth-order valence-electron chi connectivity index (χ4n) is 8.95. The third-order valence-corrected chi connectivity index (χ3v) is 12.1. The van der Waals surface area contributed by atoms with Gasteiger partial charge in [-0.05, 0) is 31.2 Å². The van der Waals surface area contributed by atoms with Gasteiger partial charge in [-0.1, -0.05) is 12.1 Å². The molecule has 63 heavy (non-hydrogen) atoms. The van der Waals surface area contributed by atoms with E-state index in [4.69, 9.17) is 23.7 Å². The zero-order valence-electron chi connectivity index (χ0n) is 34.1. The van der Waals surface area contributed by atoms with Crippen LogP contribution in [0.1, 0.15) is 79.2 Å². The van der Waals surface area contributed by atoms with Crippen LogP contribution in [0.5, 0.6) is 17.2 Å². The standard InChI is InChI=1S/C43H43FN4O15/c1-19-37(52)25(47-9-10-61-32(17-47)60-3)14-31(62-19)63-27-16-43(58,28(18-49)45-46-42(57)20-11-21(44)13-22(12-20)48-29(50)7-8-30(48)51)15-24-34(27)41(56)36-35(39(24)54)38(53)23-5-4-6-26(59-2)33(23)40(36)55/h4-8,11-13,19,25,27,31-32,37,49,52,54,56,58H,9-10,14-18H2,1-3H3,(H,46,57)/b45-28+/t19-,25?,27-,31-,32+,37+,43-/m0/s1. The summed E-state index contributed by atoms with van der Waals surface area (Å²) in [5, 5.41) is 62.5. The first-order valence-electron chi connectivity index (χ1n) is 19.9. The van der Waals surface area contributed by atoms with Crippen LogP contribution in [0.4, 0.5) is 10.1 Å². The summed E-state index contributed by atoms with van der Waals surface area (Å²) in [4.78, 5) is 68.8. The van der Waals surface area contributed by atoms with E-state index in [1.807, 2.05) is 4.90 Å². The van der Waals surface area contributed by atoms with Crippen molar-refractivity contribution in [2.75, 3.05) is 45.4 Å². The fraction of sp³-hybridized carbons (Fsp3) is 0.395. The van der Waals surface area contributed by atoms with Gasteiger partial charge in [0.25, 0.3) is 17.7 Å². The topological polar surface area (TPSA) is 264 Å². The summed E-state index contributed by atoms with van der Waals surface area (Å²) in [5.41, 5.74) is -3.17. The Morgan fingerprint density at radius 2 is 1.75 bits per heavy atom. The number of halogens is 1. The Morgan fingerprint density at radius 3 is 2.44 bits per heavy atom. The van der Waals surface area contributed by atoms with Crippen molar-refractivity contribution in [3.63, 3.8) is 0 Å². The molecule has 19 nitrogen and oxygen atoms in total. The number of anilines is 1. The molecular weight excluding hydrogens is 831 g/mol. The van der Waals surface area contributed by atoms with E-state index in [1.54, 1.807) is 6.92 Å². The van der Waals surface area contributed by atoms with Crippen molar-refractivity contribution in [1.29, 1.82) is 0 Å². The molecule has 20 heteroatoms. The van der Waals surface area contributed by atoms with Crippen LogP contribution in [0.25, 0.3) is 0 Å². The molecule has 332 valence electrons. The lowest BCUT2D eigenvalue weighted by Gasteiger charge is -2.47. The smallest absolute Gasteiger partial charge is 0.271 e. The third kappa shape index (κ3) is 7.67. The highest BCUT2D eigenvalue weighted by Crippen LogP contribution is 2.53. The van der Waals surface area contributed by atoms with Crippen LogP contribution in [0, 0.1) is 5.82 Å². The molecule has 3 aliphatic heterocycles. The van der Waals surface area contributed by atoms with E-state index < -0.39 is 131 Å². The van der Waals surface area contributed by atoms with Crippen molar-refractivity contribution in [2.45, 2.75) is 68.7 Å². The van der Waals surface area contributed by atoms with Crippen molar-refractivity contribution in [2.24, 2.45) is 5.10 Å². The second-order valence-electron chi connectivity index (χ2n) is 15.7. The van der Waals surface area contributed by atoms with E-state index in [0.717, 1.165) is 30.4 Å². The number of hydrogen-bond donors (Lipinski definition) is 6. The fourth-order valence-corrected chi connectivity index (χ4v) is 8.95. The Kier molecular flexibility index (Phi) is 11.8. The summed E-state index contributed by atoms with van der Waals surface area (Å²) >= 11 is 0. The lowest BCUT2D eigenvalue weighted by Crippen LogP contribution is -2.59. The van der Waals surface area contributed by atoms with Crippen LogP contribution >= 0.6 is 0 Å². The van der Waals surface area contributed by atoms with Gasteiger partial charge in [-0.2, -0.15) is 5.10 Å². The van der Waals surface area contributed by atoms with E-state index in [0.29, 0.717) is 24.6 Å². The van der Waals surface area contributed by atoms with Gasteiger partial charge in [0.1, 0.15) is 28.7 Å². The van der Waals surface area contributed by atoms with Crippen LogP contribution in [0.2, 0.25) is 0 Å². The Morgan fingerprint density at radius 1 is 1.02 bits per heavy atom. The summed E-state index contributed by atoms with van der Waals surface area (Å²) in [6.45, 7) is 1.64. The lowest BCUT2D eigenvalue weighted by atomic mass is 9.71. The molecule has 3 aromatic rings. The quantitative estimate of drug-likeness (QED) is 0.0565. The maximum Gasteiger partial charge on any atom is 0.271 e. The monoisotopic (exact) mass is 874 g/mol. The van der Waals surface area contributed by atoms with E-state index in [2.05, 4.69) is 10.5 Å². The van der Waals surface area contributed by atoms with Gasteiger partial charge in [0.2, 0.25) is 5.78 Å². The number of hydrogen-bond acceptors (Lipinski definition) is 17. The second kappa shape index (κ2) is 17.0. The zero-order valence-corrected chi connectivity index (χ0v) is 34.1. The number of benzene rings is 3. The number of aromatic hydroxyl groups is 2. The van der Waals surface area contributed by atoms with Gasteiger partial charge < -0.3 is 49.2 Å². The number of hydrazone groups is 1. The first-order valence-corrected chi connectivity index (χ1v) is 19.9. The Hall–Kier alpha value is -5.97. The molecule has 5 aliphatic rings. The number of methoxy groups -OCH3 is 2. The molecule has 0 saturated carbocycles. The highest BCUT2D eigenvalue weighted by molar-refractivity contribution is 6.31. The van der Waals surface area contributed by atoms with Crippen molar-refractivity contribution in [3.05, 3.63) is 93.3 Å². The summed E-state index contributed by atoms with van der Waals surface area (Å²) in [5.74, 6) is -6.75. The minimum absolute atomic E-state index is 0.0309. The molecular formula is C43H43FN4O15. The summed E-state index contributed by atoms with van der Waals surface area (Å²) in [7, 11) is 2.79. The zero-order chi connectivity index (χ0) is 45.1. The maximum atomic E-state index is 14.7. The average Bonchev–Trinajstić information content (AvgIpc) is 3.61. The van der Waals surface area contributed by atoms with Crippen molar-refractivity contribution >= 4 is 40.7 Å². The number of carbonyl (C=O) groups is 5. The molecule has 8 rings (SSSR count). The SMILES string of the molecule is COc1cccc2c1C(=O)c1c(O)c3c(c(O)c1C2=O)C[C@@](O)(/C(CO)=N/NC(=O)c1cc(F)cc(N2C(=O)C=CC2=O)c1)C[C@@H]3O[C@H]1CC(N2CCO[C@@H](OC)C2)[C@H](O)[C@H](C)O1. The first-order chi connectivity index (χ1) is 30.1. The second-order valence-corrected chi connectivity index (χ2v) is 15.7. The number of rotatable bonds is 10. The molecule has 3 aromatic carbocycles. The molecule has 2 saturated heterocycles. The van der Waals surface area contributed by atoms with Gasteiger partial charge >= 0.3 is 0 Å². The van der Waals surface area contributed by atoms with E-state index >= 15 is 0 Å². The van der Waals surface area contributed by atoms with Gasteiger partial charge in [-0.3, -0.25) is 28.9 Å². The predicted molar refractivity (Wildman–Crippen MR) is 214 cm³/mol. The third-order valence-electron chi connectivity index (χ3n) is 12.1. The van der Waals surface area contributed by atoms with Crippen molar-refractivity contribution < 1.29 is 77.6 Å². The highest BCUT2D eigenvalue weighted by atomic mass is 19.1. The van der Waals surface area contributed by atoms with Gasteiger partial charge in [-0.15, -0.1) is 0 Å². The van der Waals surface area contributed by atoms with Crippen molar-refractivity contribution in [3.8, 4) is 17.2 Å². The number of carbonyl (C=O) groups excluding carboxylic acids is 5. The number of aliphatic hydroxyl groups is 3. The van der Waals surface area contributed by atoms with Crippen LogP contribution in [-0.4, -0.2) is 142 Å². The Bertz CT molecular complexity index is 2480. The number of ketones is 2. The molecule has 0 aromatic heterocycles. The molecule has 7 atom stereocenters. The minimum atomic E-state index is -2.34. The first kappa shape index (κ1) is 43.7. The van der Waals surface area contributed by atoms with Gasteiger partial charge in [0.15, 0.2) is 18.4 Å². The normalized spacial score (nSPS) is 27.3. The van der Waals surface area contributed by atoms with Crippen LogP contribution in [-0.2, 0) is 35.0 Å². The summed E-state index contributed by atoms with van der Waals surface area (Å²) < 4.78 is 43.8. The molecule has 3 heterocycles. The van der Waals surface area contributed by atoms with Crippen molar-refractivity contribution in [1.82, 2.24) is 10.3 Å². The number of aliphatic hydroxyl groups excluding tert-OH is 2. The average molecular weight is 875 g/mol. The largest absolute Gasteiger partial charge is 0.507 e. The Labute approximate surface area is 357 Å². The molecule has 2 fully saturated rings. The minimum Gasteiger partial charge on any atom is -0.507 e. The van der Waals surface area contributed by atoms with Crippen LogP contribution in [0.15, 0.2) is 53.7 Å². The van der Waals surface area contributed by atoms with E-state index in [-0.39, 0.29) is 40.1 Å². The Balaban J connectivity index is 1.18. The summed E-state index contributed by atoms with van der Waals surface area (Å²) in [6.07, 6.45) is -4.31. The number of ether oxygens (including phenoxy) is 5. The molecule has 0 bridgehead atoms. The van der Waals surface area contributed by atoms with Crippen LogP contribution in [0.3, 0.4) is 0 Å². The molecule has 0 radical (unpaired) electrons. The number of nitrogens with zero attached hydrogens (tertiary/aromatic N) is 3. The lowest BCUT2D eigenvalue weighted by molar-refractivity contribution is -0.265. The molecule has 6 N–H and O–H groups in total. The molecule has 0 spiro atoms. The number of fused-ring (bicyclic) bond motifs is 3. The maximum absolute atomic E-state index is 14.7. The van der Waals surface area contributed by atoms with Gasteiger partial charge in [0.05, 0.1) is 66.7 Å². The predicted octanol–water partition coefficient (Wildman–Crippen LogP) is 1.13. The number of amides is 3. The van der Waals surface area contributed by atoms with Gasteiger partial charge in [0, 0.05) is 79.9 Å². The molecule has 1 unspecified atom stereocenters. The molecule has 3 amide bonds. The van der Waals surface area contributed by atoms with E-state index in [9.17, 15) is 53.9 Å². The highest BCUT2D eigenvalue weighted by Gasteiger charge is 2.50. The molecule has 2 aliphatic carbocycles. The number of phenols is 2. The van der Waals surface area contributed by atoms with E-state index in [1.165, 1.54) is 32.4 Å². The summed E-state index contributed by atoms with van der Waals surface area (Å²) in [6, 6.07) is 6.45. The number of imide groups is 1. The van der Waals surface area contributed by atoms with Crippen LogP contribution < -0.4 is 15.1 Å². The number of phenolic OH excluding ortho intramolecular Hbond substituents is 2.